The van der Waals surface area contributed by atoms with Crippen LogP contribution in [0, 0.1) is 0 Å². The first-order valence-corrected chi connectivity index (χ1v) is 7.27. The molecule has 6 heteroatoms. The fraction of sp³-hybridized carbons (Fsp3) is 0.600. The van der Waals surface area contributed by atoms with Crippen LogP contribution in [0.4, 0.5) is 0 Å². The van der Waals surface area contributed by atoms with Gasteiger partial charge in [0.2, 0.25) is 0 Å². The number of hydrogen-bond donors (Lipinski definition) is 1. The molecule has 1 heterocycles. The lowest BCUT2D eigenvalue weighted by Crippen LogP contribution is -2.39. The van der Waals surface area contributed by atoms with E-state index in [9.17, 15) is 0 Å². The van der Waals surface area contributed by atoms with E-state index in [1.54, 1.807) is 6.26 Å². The first-order chi connectivity index (χ1) is 9.77. The van der Waals surface area contributed by atoms with Gasteiger partial charge in [0.1, 0.15) is 12.0 Å². The van der Waals surface area contributed by atoms with Crippen LogP contribution in [0.3, 0.4) is 0 Å². The third kappa shape index (κ3) is 8.75. The Bertz CT molecular complexity index is 392. The third-order valence-corrected chi connectivity index (χ3v) is 2.98. The quantitative estimate of drug-likeness (QED) is 0.225. The van der Waals surface area contributed by atoms with E-state index in [2.05, 4.69) is 40.9 Å². The summed E-state index contributed by atoms with van der Waals surface area (Å²) in [5, 5.41) is 7.16. The number of guanidine groups is 1. The standard InChI is InChI=1S/C15H26N4O.HI/c1-4-6-7-8-9-11-19(3)15(16-5-2)17-13-14-10-12-20-18-14;/h4,10,12H,1,5-9,11,13H2,2-3H3,(H,16,17);1H. The summed E-state index contributed by atoms with van der Waals surface area (Å²) in [5.74, 6) is 0.916. The summed E-state index contributed by atoms with van der Waals surface area (Å²) in [5.41, 5.74) is 0.847. The van der Waals surface area contributed by atoms with Crippen LogP contribution in [0.25, 0.3) is 0 Å². The minimum absolute atomic E-state index is 0. The maximum atomic E-state index is 4.81. The second kappa shape index (κ2) is 12.7. The molecule has 0 amide bonds. The number of nitrogens with zero attached hydrogens (tertiary/aromatic N) is 3. The van der Waals surface area contributed by atoms with Gasteiger partial charge in [-0.25, -0.2) is 4.99 Å². The predicted octanol–water partition coefficient (Wildman–Crippen LogP) is 3.44. The van der Waals surface area contributed by atoms with E-state index >= 15 is 0 Å². The Hall–Kier alpha value is -1.05. The van der Waals surface area contributed by atoms with E-state index in [1.807, 2.05) is 12.1 Å². The van der Waals surface area contributed by atoms with Gasteiger partial charge in [0.25, 0.3) is 0 Å². The Balaban J connectivity index is 0.00000400. The summed E-state index contributed by atoms with van der Waals surface area (Å²) in [6.45, 7) is 8.22. The molecule has 0 unspecified atom stereocenters. The summed E-state index contributed by atoms with van der Waals surface area (Å²) in [6, 6.07) is 1.84. The lowest BCUT2D eigenvalue weighted by atomic mass is 10.2. The molecule has 1 aromatic rings. The Labute approximate surface area is 144 Å². The molecule has 0 aliphatic rings. The number of halogens is 1. The molecule has 0 atom stereocenters. The fourth-order valence-corrected chi connectivity index (χ4v) is 1.86. The van der Waals surface area contributed by atoms with Crippen molar-refractivity contribution in [1.29, 1.82) is 0 Å². The molecule has 0 saturated heterocycles. The normalized spacial score (nSPS) is 10.9. The van der Waals surface area contributed by atoms with Crippen molar-refractivity contribution in [3.63, 3.8) is 0 Å². The highest BCUT2D eigenvalue weighted by atomic mass is 127. The zero-order chi connectivity index (χ0) is 14.6. The third-order valence-electron chi connectivity index (χ3n) is 2.98. The van der Waals surface area contributed by atoms with Gasteiger partial charge in [-0.1, -0.05) is 17.7 Å². The zero-order valence-corrected chi connectivity index (χ0v) is 15.4. The molecular formula is C15H27IN4O. The second-order valence-corrected chi connectivity index (χ2v) is 4.72. The van der Waals surface area contributed by atoms with Crippen LogP contribution in [0.15, 0.2) is 34.5 Å². The van der Waals surface area contributed by atoms with Crippen molar-refractivity contribution in [2.24, 2.45) is 4.99 Å². The minimum atomic E-state index is 0. The van der Waals surface area contributed by atoms with Gasteiger partial charge in [-0.15, -0.1) is 30.6 Å². The molecule has 0 aliphatic carbocycles. The average Bonchev–Trinajstić information content (AvgIpc) is 2.96. The van der Waals surface area contributed by atoms with Gasteiger partial charge in [-0.2, -0.15) is 0 Å². The SMILES string of the molecule is C=CCCCCCN(C)C(=NCc1ccon1)NCC.I. The summed E-state index contributed by atoms with van der Waals surface area (Å²) in [7, 11) is 2.07. The molecule has 1 aromatic heterocycles. The molecule has 5 nitrogen and oxygen atoms in total. The van der Waals surface area contributed by atoms with Crippen LogP contribution in [0.1, 0.15) is 38.3 Å². The largest absolute Gasteiger partial charge is 0.364 e. The first kappa shape index (κ1) is 19.9. The molecule has 0 saturated carbocycles. The minimum Gasteiger partial charge on any atom is -0.364 e. The maximum Gasteiger partial charge on any atom is 0.194 e. The molecule has 120 valence electrons. The van der Waals surface area contributed by atoms with E-state index in [0.717, 1.165) is 31.2 Å². The Morgan fingerprint density at radius 3 is 2.90 bits per heavy atom. The lowest BCUT2D eigenvalue weighted by Gasteiger charge is -2.21. The number of aliphatic imine (C=N–C) groups is 1. The molecule has 1 rings (SSSR count). The van der Waals surface area contributed by atoms with E-state index in [-0.39, 0.29) is 24.0 Å². The molecule has 0 bridgehead atoms. The lowest BCUT2D eigenvalue weighted by molar-refractivity contribution is 0.411. The van der Waals surface area contributed by atoms with Crippen molar-refractivity contribution in [3.05, 3.63) is 30.7 Å². The highest BCUT2D eigenvalue weighted by Crippen LogP contribution is 2.02. The summed E-state index contributed by atoms with van der Waals surface area (Å²) in [6.07, 6.45) is 8.25. The highest BCUT2D eigenvalue weighted by Gasteiger charge is 2.05. The van der Waals surface area contributed by atoms with Crippen LogP contribution in [-0.2, 0) is 6.54 Å². The van der Waals surface area contributed by atoms with Crippen LogP contribution in [-0.4, -0.2) is 36.2 Å². The van der Waals surface area contributed by atoms with E-state index in [0.29, 0.717) is 6.54 Å². The Morgan fingerprint density at radius 1 is 1.48 bits per heavy atom. The molecule has 0 spiro atoms. The van der Waals surface area contributed by atoms with Gasteiger partial charge in [-0.05, 0) is 26.2 Å². The van der Waals surface area contributed by atoms with Crippen LogP contribution in [0.5, 0.6) is 0 Å². The van der Waals surface area contributed by atoms with E-state index in [1.165, 1.54) is 19.3 Å². The number of hydrogen-bond acceptors (Lipinski definition) is 3. The van der Waals surface area contributed by atoms with E-state index in [4.69, 9.17) is 4.52 Å². The predicted molar refractivity (Wildman–Crippen MR) is 98.0 cm³/mol. The number of nitrogens with one attached hydrogen (secondary N) is 1. The zero-order valence-electron chi connectivity index (χ0n) is 13.0. The van der Waals surface area contributed by atoms with Gasteiger partial charge in [0.05, 0.1) is 6.54 Å². The van der Waals surface area contributed by atoms with Gasteiger partial charge < -0.3 is 14.7 Å². The molecular weight excluding hydrogens is 379 g/mol. The molecule has 0 aromatic carbocycles. The number of allylic oxidation sites excluding steroid dienone is 1. The van der Waals surface area contributed by atoms with Crippen LogP contribution >= 0.6 is 24.0 Å². The smallest absolute Gasteiger partial charge is 0.194 e. The van der Waals surface area contributed by atoms with Crippen molar-refractivity contribution in [2.75, 3.05) is 20.1 Å². The van der Waals surface area contributed by atoms with Gasteiger partial charge >= 0.3 is 0 Å². The van der Waals surface area contributed by atoms with Crippen molar-refractivity contribution < 1.29 is 4.52 Å². The van der Waals surface area contributed by atoms with E-state index < -0.39 is 0 Å². The van der Waals surface area contributed by atoms with Gasteiger partial charge in [0, 0.05) is 26.2 Å². The molecule has 0 fully saturated rings. The molecule has 0 radical (unpaired) electrons. The highest BCUT2D eigenvalue weighted by molar-refractivity contribution is 14.0. The monoisotopic (exact) mass is 406 g/mol. The van der Waals surface area contributed by atoms with Crippen molar-refractivity contribution in [2.45, 2.75) is 39.2 Å². The number of rotatable bonds is 9. The van der Waals surface area contributed by atoms with Crippen molar-refractivity contribution >= 4 is 29.9 Å². The van der Waals surface area contributed by atoms with Gasteiger partial charge in [-0.3, -0.25) is 0 Å². The Morgan fingerprint density at radius 2 is 2.29 bits per heavy atom. The molecule has 1 N–H and O–H groups in total. The Kier molecular flexibility index (Phi) is 12.0. The van der Waals surface area contributed by atoms with Gasteiger partial charge in [0.15, 0.2) is 5.96 Å². The number of unbranched alkanes of at least 4 members (excludes halogenated alkanes) is 3. The maximum absolute atomic E-state index is 4.81. The van der Waals surface area contributed by atoms with Crippen molar-refractivity contribution in [3.8, 4) is 0 Å². The number of aromatic nitrogens is 1. The average molecular weight is 406 g/mol. The van der Waals surface area contributed by atoms with Crippen LogP contribution in [0.2, 0.25) is 0 Å². The van der Waals surface area contributed by atoms with Crippen LogP contribution < -0.4 is 5.32 Å². The molecule has 0 aliphatic heterocycles. The second-order valence-electron chi connectivity index (χ2n) is 4.72. The summed E-state index contributed by atoms with van der Waals surface area (Å²) in [4.78, 5) is 6.73. The molecule has 21 heavy (non-hydrogen) atoms. The summed E-state index contributed by atoms with van der Waals surface area (Å²) >= 11 is 0. The topological polar surface area (TPSA) is 53.7 Å². The summed E-state index contributed by atoms with van der Waals surface area (Å²) < 4.78 is 4.81. The van der Waals surface area contributed by atoms with Crippen molar-refractivity contribution in [1.82, 2.24) is 15.4 Å². The first-order valence-electron chi connectivity index (χ1n) is 7.27. The fourth-order valence-electron chi connectivity index (χ4n) is 1.86.